The minimum atomic E-state index is -3.48. The lowest BCUT2D eigenvalue weighted by Crippen LogP contribution is -2.36. The molecule has 1 aromatic heterocycles. The molecule has 1 amide bonds. The van der Waals surface area contributed by atoms with Crippen LogP contribution in [0.25, 0.3) is 0 Å². The molecule has 0 spiro atoms. The third-order valence-electron chi connectivity index (χ3n) is 4.19. The van der Waals surface area contributed by atoms with Crippen LogP contribution >= 0.6 is 0 Å². The van der Waals surface area contributed by atoms with Crippen LogP contribution in [0.15, 0.2) is 47.5 Å². The van der Waals surface area contributed by atoms with Gasteiger partial charge in [-0.3, -0.25) is 4.79 Å². The highest BCUT2D eigenvalue weighted by atomic mass is 32.2. The van der Waals surface area contributed by atoms with E-state index in [4.69, 9.17) is 4.74 Å². The average Bonchev–Trinajstić information content (AvgIpc) is 2.69. The Bertz CT molecular complexity index is 876. The lowest BCUT2D eigenvalue weighted by Gasteiger charge is -2.27. The maximum absolute atomic E-state index is 12.6. The first-order chi connectivity index (χ1) is 12.5. The van der Waals surface area contributed by atoms with Gasteiger partial charge >= 0.3 is 0 Å². The van der Waals surface area contributed by atoms with Crippen molar-refractivity contribution in [1.29, 1.82) is 0 Å². The second-order valence-corrected chi connectivity index (χ2v) is 8.10. The Morgan fingerprint density at radius 1 is 1.19 bits per heavy atom. The highest BCUT2D eigenvalue weighted by Crippen LogP contribution is 2.20. The van der Waals surface area contributed by atoms with Crippen molar-refractivity contribution in [3.63, 3.8) is 0 Å². The quantitative estimate of drug-likeness (QED) is 0.859. The zero-order chi connectivity index (χ0) is 18.6. The second-order valence-electron chi connectivity index (χ2n) is 5.86. The zero-order valence-corrected chi connectivity index (χ0v) is 15.3. The molecule has 0 unspecified atom stereocenters. The highest BCUT2D eigenvalue weighted by molar-refractivity contribution is 7.91. The Morgan fingerprint density at radius 2 is 1.92 bits per heavy atom. The number of nitrogens with one attached hydrogen (secondary N) is 1. The summed E-state index contributed by atoms with van der Waals surface area (Å²) < 4.78 is 29.7. The number of rotatable bonds is 5. The standard InChI is InChI=1S/C18H21N3O4S/c1-2-26(23,24)16-6-4-3-5-15(16)18(22)20-14-7-8-17(19-13-14)21-9-11-25-12-10-21/h3-8,13H,2,9-12H2,1H3,(H,20,22). The van der Waals surface area contributed by atoms with Gasteiger partial charge in [-0.05, 0) is 24.3 Å². The first-order valence-corrected chi connectivity index (χ1v) is 10.1. The van der Waals surface area contributed by atoms with E-state index in [-0.39, 0.29) is 16.2 Å². The van der Waals surface area contributed by atoms with E-state index in [1.165, 1.54) is 12.1 Å². The first-order valence-electron chi connectivity index (χ1n) is 8.43. The molecule has 1 saturated heterocycles. The van der Waals surface area contributed by atoms with Crippen LogP contribution in [0.3, 0.4) is 0 Å². The molecule has 8 heteroatoms. The van der Waals surface area contributed by atoms with Crippen LogP contribution in [0, 0.1) is 0 Å². The normalized spacial score (nSPS) is 14.9. The van der Waals surface area contributed by atoms with Gasteiger partial charge in [0, 0.05) is 13.1 Å². The molecular weight excluding hydrogens is 354 g/mol. The number of morpholine rings is 1. The fourth-order valence-corrected chi connectivity index (χ4v) is 3.81. The molecular formula is C18H21N3O4S. The first kappa shape index (κ1) is 18.3. The van der Waals surface area contributed by atoms with Gasteiger partial charge < -0.3 is 15.0 Å². The number of nitrogens with zero attached hydrogens (tertiary/aromatic N) is 2. The van der Waals surface area contributed by atoms with E-state index < -0.39 is 15.7 Å². The van der Waals surface area contributed by atoms with Crippen LogP contribution in [0.4, 0.5) is 11.5 Å². The van der Waals surface area contributed by atoms with Crippen molar-refractivity contribution in [1.82, 2.24) is 4.98 Å². The molecule has 1 aromatic carbocycles. The van der Waals surface area contributed by atoms with Crippen molar-refractivity contribution in [2.45, 2.75) is 11.8 Å². The van der Waals surface area contributed by atoms with E-state index >= 15 is 0 Å². The monoisotopic (exact) mass is 375 g/mol. The fraction of sp³-hybridized carbons (Fsp3) is 0.333. The maximum Gasteiger partial charge on any atom is 0.257 e. The number of hydrogen-bond acceptors (Lipinski definition) is 6. The van der Waals surface area contributed by atoms with Crippen molar-refractivity contribution in [3.8, 4) is 0 Å². The Morgan fingerprint density at radius 3 is 2.58 bits per heavy atom. The Hall–Kier alpha value is -2.45. The van der Waals surface area contributed by atoms with E-state index in [1.807, 2.05) is 6.07 Å². The van der Waals surface area contributed by atoms with Crippen LogP contribution < -0.4 is 10.2 Å². The van der Waals surface area contributed by atoms with Crippen molar-refractivity contribution in [2.24, 2.45) is 0 Å². The van der Waals surface area contributed by atoms with Gasteiger partial charge in [0.05, 0.1) is 41.3 Å². The summed E-state index contributed by atoms with van der Waals surface area (Å²) in [6.07, 6.45) is 1.57. The molecule has 0 saturated carbocycles. The van der Waals surface area contributed by atoms with Crippen LogP contribution in [-0.4, -0.2) is 51.4 Å². The van der Waals surface area contributed by atoms with Crippen molar-refractivity contribution in [3.05, 3.63) is 48.2 Å². The number of carbonyl (C=O) groups is 1. The second kappa shape index (κ2) is 7.84. The van der Waals surface area contributed by atoms with Gasteiger partial charge in [-0.15, -0.1) is 0 Å². The summed E-state index contributed by atoms with van der Waals surface area (Å²) in [6.45, 7) is 4.45. The van der Waals surface area contributed by atoms with Crippen LogP contribution in [0.2, 0.25) is 0 Å². The number of benzene rings is 1. The number of sulfone groups is 1. The minimum absolute atomic E-state index is 0.0397. The van der Waals surface area contributed by atoms with Gasteiger partial charge in [0.2, 0.25) is 0 Å². The number of aromatic nitrogens is 1. The van der Waals surface area contributed by atoms with E-state index in [2.05, 4.69) is 15.2 Å². The lowest BCUT2D eigenvalue weighted by molar-refractivity contribution is 0.102. The smallest absolute Gasteiger partial charge is 0.257 e. The van der Waals surface area contributed by atoms with Crippen LogP contribution in [0.1, 0.15) is 17.3 Å². The zero-order valence-electron chi connectivity index (χ0n) is 14.5. The molecule has 1 fully saturated rings. The Labute approximate surface area is 152 Å². The third kappa shape index (κ3) is 4.03. The van der Waals surface area contributed by atoms with E-state index in [0.29, 0.717) is 18.9 Å². The van der Waals surface area contributed by atoms with Gasteiger partial charge in [-0.1, -0.05) is 19.1 Å². The molecule has 7 nitrogen and oxygen atoms in total. The van der Waals surface area contributed by atoms with Crippen molar-refractivity contribution < 1.29 is 17.9 Å². The molecule has 0 bridgehead atoms. The van der Waals surface area contributed by atoms with Gasteiger partial charge in [0.1, 0.15) is 5.82 Å². The molecule has 26 heavy (non-hydrogen) atoms. The molecule has 1 aliphatic heterocycles. The number of pyridine rings is 1. The van der Waals surface area contributed by atoms with Gasteiger partial charge in [-0.2, -0.15) is 0 Å². The molecule has 3 rings (SSSR count). The number of anilines is 2. The minimum Gasteiger partial charge on any atom is -0.378 e. The molecule has 138 valence electrons. The summed E-state index contributed by atoms with van der Waals surface area (Å²) in [4.78, 5) is 19.1. The molecule has 0 radical (unpaired) electrons. The van der Waals surface area contributed by atoms with Gasteiger partial charge in [0.15, 0.2) is 9.84 Å². The Balaban J connectivity index is 1.76. The number of ether oxygens (including phenoxy) is 1. The number of carbonyl (C=O) groups excluding carboxylic acids is 1. The third-order valence-corrected chi connectivity index (χ3v) is 5.97. The van der Waals surface area contributed by atoms with Gasteiger partial charge in [-0.25, -0.2) is 13.4 Å². The Kier molecular flexibility index (Phi) is 5.53. The molecule has 0 atom stereocenters. The van der Waals surface area contributed by atoms with Crippen LogP contribution in [-0.2, 0) is 14.6 Å². The van der Waals surface area contributed by atoms with Crippen molar-refractivity contribution in [2.75, 3.05) is 42.3 Å². The molecule has 2 heterocycles. The molecule has 1 aliphatic rings. The van der Waals surface area contributed by atoms with Crippen molar-refractivity contribution >= 4 is 27.2 Å². The number of hydrogen-bond donors (Lipinski definition) is 1. The summed E-state index contributed by atoms with van der Waals surface area (Å²) in [5.41, 5.74) is 0.641. The molecule has 2 aromatic rings. The summed E-state index contributed by atoms with van der Waals surface area (Å²) in [6, 6.07) is 9.80. The predicted octanol–water partition coefficient (Wildman–Crippen LogP) is 1.96. The van der Waals surface area contributed by atoms with E-state index in [0.717, 1.165) is 18.9 Å². The van der Waals surface area contributed by atoms with Gasteiger partial charge in [0.25, 0.3) is 5.91 Å². The van der Waals surface area contributed by atoms with Crippen LogP contribution in [0.5, 0.6) is 0 Å². The SMILES string of the molecule is CCS(=O)(=O)c1ccccc1C(=O)Nc1ccc(N2CCOCC2)nc1. The molecule has 0 aliphatic carbocycles. The van der Waals surface area contributed by atoms with E-state index in [1.54, 1.807) is 31.3 Å². The summed E-state index contributed by atoms with van der Waals surface area (Å²) in [5.74, 6) is 0.284. The summed E-state index contributed by atoms with van der Waals surface area (Å²) in [5, 5.41) is 2.72. The highest BCUT2D eigenvalue weighted by Gasteiger charge is 2.20. The lowest BCUT2D eigenvalue weighted by atomic mass is 10.2. The number of amides is 1. The maximum atomic E-state index is 12.6. The van der Waals surface area contributed by atoms with E-state index in [9.17, 15) is 13.2 Å². The summed E-state index contributed by atoms with van der Waals surface area (Å²) >= 11 is 0. The predicted molar refractivity (Wildman–Crippen MR) is 99.4 cm³/mol. The topological polar surface area (TPSA) is 88.6 Å². The fourth-order valence-electron chi connectivity index (χ4n) is 2.72. The summed E-state index contributed by atoms with van der Waals surface area (Å²) in [7, 11) is -3.48. The molecule has 1 N–H and O–H groups in total. The largest absolute Gasteiger partial charge is 0.378 e. The average molecular weight is 375 g/mol.